The number of nitrogens with zero attached hydrogens (tertiary/aromatic N) is 2. The Kier molecular flexibility index (Phi) is 3.09. The topological polar surface area (TPSA) is 38.9 Å². The van der Waals surface area contributed by atoms with Crippen LogP contribution in [0.4, 0.5) is 0 Å². The molecule has 0 spiro atoms. The first-order valence-electron chi connectivity index (χ1n) is 4.08. The van der Waals surface area contributed by atoms with Gasteiger partial charge in [0.15, 0.2) is 0 Å². The van der Waals surface area contributed by atoms with Crippen molar-refractivity contribution in [2.45, 2.75) is 11.6 Å². The maximum atomic E-state index is 5.87. The summed E-state index contributed by atoms with van der Waals surface area (Å²) < 4.78 is 5.07. The molecule has 0 N–H and O–H groups in total. The minimum absolute atomic E-state index is 0.144. The van der Waals surface area contributed by atoms with E-state index in [1.807, 2.05) is 6.07 Å². The van der Waals surface area contributed by atoms with Crippen molar-refractivity contribution in [2.75, 3.05) is 0 Å². The summed E-state index contributed by atoms with van der Waals surface area (Å²) in [4.78, 5) is 0. The fourth-order valence-electron chi connectivity index (χ4n) is 1.13. The van der Waals surface area contributed by atoms with Gasteiger partial charge in [-0.05, 0) is 17.7 Å². The molecule has 1 heterocycles. The van der Waals surface area contributed by atoms with E-state index < -0.39 is 0 Å². The molecule has 6 heteroatoms. The summed E-state index contributed by atoms with van der Waals surface area (Å²) in [7, 11) is 0. The lowest BCUT2D eigenvalue weighted by molar-refractivity contribution is 0.421. The Hall–Kier alpha value is -0.840. The van der Waals surface area contributed by atoms with Crippen LogP contribution >= 0.6 is 23.2 Å². The Morgan fingerprint density at radius 1 is 1.20 bits per heavy atom. The number of aromatic nitrogens is 2. The molecule has 78 valence electrons. The highest BCUT2D eigenvalue weighted by atomic mass is 35.5. The van der Waals surface area contributed by atoms with Crippen LogP contribution in [0.1, 0.15) is 11.5 Å². The lowest BCUT2D eigenvalue weighted by Crippen LogP contribution is -1.88. The van der Waals surface area contributed by atoms with Crippen LogP contribution in [0, 0.1) is 0 Å². The van der Waals surface area contributed by atoms with Crippen LogP contribution in [0.15, 0.2) is 27.8 Å². The summed E-state index contributed by atoms with van der Waals surface area (Å²) in [5.41, 5.74) is 0.947. The van der Waals surface area contributed by atoms with Crippen molar-refractivity contribution >= 4 is 35.8 Å². The fraction of sp³-hybridized carbons (Fsp3) is 0.111. The zero-order valence-electron chi connectivity index (χ0n) is 7.41. The predicted molar refractivity (Wildman–Crippen MR) is 59.2 cm³/mol. The molecule has 0 radical (unpaired) electrons. The van der Waals surface area contributed by atoms with Gasteiger partial charge in [0.1, 0.15) is 0 Å². The van der Waals surface area contributed by atoms with E-state index in [9.17, 15) is 0 Å². The van der Waals surface area contributed by atoms with E-state index in [4.69, 9.17) is 40.2 Å². The van der Waals surface area contributed by atoms with Crippen LogP contribution in [0.2, 0.25) is 10.0 Å². The van der Waals surface area contributed by atoms with Crippen LogP contribution in [0.3, 0.4) is 0 Å². The fourth-order valence-corrected chi connectivity index (χ4v) is 1.59. The first-order valence-corrected chi connectivity index (χ1v) is 5.25. The average Bonchev–Trinajstić information content (AvgIpc) is 2.58. The first kappa shape index (κ1) is 10.7. The van der Waals surface area contributed by atoms with E-state index in [2.05, 4.69) is 10.2 Å². The molecule has 15 heavy (non-hydrogen) atoms. The maximum absolute atomic E-state index is 5.87. The van der Waals surface area contributed by atoms with Crippen molar-refractivity contribution in [3.05, 3.63) is 39.7 Å². The second-order valence-electron chi connectivity index (χ2n) is 2.89. The van der Waals surface area contributed by atoms with Crippen LogP contribution < -0.4 is 0 Å². The van der Waals surface area contributed by atoms with Gasteiger partial charge in [-0.15, -0.1) is 10.2 Å². The van der Waals surface area contributed by atoms with E-state index in [0.717, 1.165) is 5.56 Å². The summed E-state index contributed by atoms with van der Waals surface area (Å²) in [5, 5.41) is 8.53. The number of halogens is 2. The molecule has 0 saturated heterocycles. The lowest BCUT2D eigenvalue weighted by Gasteiger charge is -2.00. The normalized spacial score (nSPS) is 10.5. The molecule has 0 fully saturated rings. The van der Waals surface area contributed by atoms with Gasteiger partial charge in [-0.2, -0.15) is 0 Å². The van der Waals surface area contributed by atoms with E-state index in [-0.39, 0.29) is 5.22 Å². The molecule has 0 aliphatic rings. The van der Waals surface area contributed by atoms with Crippen molar-refractivity contribution in [3.8, 4) is 0 Å². The highest BCUT2D eigenvalue weighted by Crippen LogP contribution is 2.23. The molecule has 0 unspecified atom stereocenters. The van der Waals surface area contributed by atoms with Crippen molar-refractivity contribution in [1.82, 2.24) is 10.2 Å². The Labute approximate surface area is 102 Å². The summed E-state index contributed by atoms with van der Waals surface area (Å²) in [6.07, 6.45) is 0.501. The number of benzene rings is 1. The third-order valence-electron chi connectivity index (χ3n) is 1.79. The maximum Gasteiger partial charge on any atom is 0.218 e. The molecule has 1 aromatic carbocycles. The van der Waals surface area contributed by atoms with E-state index in [0.29, 0.717) is 22.4 Å². The van der Waals surface area contributed by atoms with Crippen LogP contribution in [0.5, 0.6) is 0 Å². The van der Waals surface area contributed by atoms with Gasteiger partial charge in [0, 0.05) is 0 Å². The highest BCUT2D eigenvalue weighted by Gasteiger charge is 2.04. The van der Waals surface area contributed by atoms with Gasteiger partial charge in [-0.1, -0.05) is 29.3 Å². The second-order valence-corrected chi connectivity index (χ2v) is 4.05. The SMILES string of the molecule is [S-]c1nnc(Cc2ccc(Cl)c(Cl)c2)o1. The van der Waals surface area contributed by atoms with Crippen molar-refractivity contribution < 1.29 is 4.42 Å². The van der Waals surface area contributed by atoms with Gasteiger partial charge >= 0.3 is 0 Å². The molecule has 3 nitrogen and oxygen atoms in total. The van der Waals surface area contributed by atoms with Crippen molar-refractivity contribution in [3.63, 3.8) is 0 Å². The highest BCUT2D eigenvalue weighted by molar-refractivity contribution is 7.58. The van der Waals surface area contributed by atoms with E-state index >= 15 is 0 Å². The molecule has 0 aliphatic carbocycles. The van der Waals surface area contributed by atoms with Crippen LogP contribution in [0.25, 0.3) is 0 Å². The average molecular weight is 260 g/mol. The molecular weight excluding hydrogens is 255 g/mol. The number of rotatable bonds is 2. The van der Waals surface area contributed by atoms with E-state index in [1.54, 1.807) is 12.1 Å². The molecule has 0 bridgehead atoms. The molecule has 2 aromatic rings. The van der Waals surface area contributed by atoms with Crippen molar-refractivity contribution in [1.29, 1.82) is 0 Å². The molecule has 1 aromatic heterocycles. The monoisotopic (exact) mass is 259 g/mol. The smallest absolute Gasteiger partial charge is 0.218 e. The van der Waals surface area contributed by atoms with Gasteiger partial charge in [0.05, 0.1) is 21.7 Å². The summed E-state index contributed by atoms with van der Waals surface area (Å²) in [6.45, 7) is 0. The van der Waals surface area contributed by atoms with Gasteiger partial charge in [0.2, 0.25) is 5.89 Å². The van der Waals surface area contributed by atoms with Crippen molar-refractivity contribution in [2.24, 2.45) is 0 Å². The quantitative estimate of drug-likeness (QED) is 0.778. The Bertz CT molecular complexity index is 487. The largest absolute Gasteiger partial charge is 0.719 e. The molecule has 0 amide bonds. The molecule has 0 aliphatic heterocycles. The summed E-state index contributed by atoms with van der Waals surface area (Å²) >= 11 is 16.4. The molecule has 0 saturated carbocycles. The first-order chi connectivity index (χ1) is 7.15. The molecular formula is C9H5Cl2N2OS-. The Morgan fingerprint density at radius 2 is 2.00 bits per heavy atom. The Morgan fingerprint density at radius 3 is 2.60 bits per heavy atom. The molecule has 2 rings (SSSR count). The minimum Gasteiger partial charge on any atom is -0.719 e. The lowest BCUT2D eigenvalue weighted by atomic mass is 10.1. The van der Waals surface area contributed by atoms with Gasteiger partial charge in [-0.25, -0.2) is 0 Å². The van der Waals surface area contributed by atoms with Gasteiger partial charge < -0.3 is 17.0 Å². The number of hydrogen-bond donors (Lipinski definition) is 0. The summed E-state index contributed by atoms with van der Waals surface area (Å²) in [5.74, 6) is 0.471. The molecule has 0 atom stereocenters. The predicted octanol–water partition coefficient (Wildman–Crippen LogP) is 2.87. The zero-order valence-corrected chi connectivity index (χ0v) is 9.73. The standard InChI is InChI=1S/C9H6Cl2N2OS/c10-6-2-1-5(3-7(6)11)4-8-12-13-9(15)14-8/h1-3H,4H2,(H,13,15)/p-1. The Balaban J connectivity index is 2.21. The summed E-state index contributed by atoms with van der Waals surface area (Å²) in [6, 6.07) is 5.34. The second kappa shape index (κ2) is 4.35. The third-order valence-corrected chi connectivity index (χ3v) is 2.69. The number of hydrogen-bond acceptors (Lipinski definition) is 4. The minimum atomic E-state index is 0.144. The van der Waals surface area contributed by atoms with Crippen LogP contribution in [-0.4, -0.2) is 10.2 Å². The van der Waals surface area contributed by atoms with Gasteiger partial charge in [0.25, 0.3) is 0 Å². The van der Waals surface area contributed by atoms with Gasteiger partial charge in [-0.3, -0.25) is 0 Å². The third kappa shape index (κ3) is 2.59. The van der Waals surface area contributed by atoms with E-state index in [1.165, 1.54) is 0 Å². The van der Waals surface area contributed by atoms with Crippen LogP contribution in [-0.2, 0) is 19.0 Å². The zero-order chi connectivity index (χ0) is 10.8.